The first kappa shape index (κ1) is 32.5. The van der Waals surface area contributed by atoms with E-state index in [4.69, 9.17) is 25.8 Å². The van der Waals surface area contributed by atoms with Gasteiger partial charge in [-0.05, 0) is 79.7 Å². The van der Waals surface area contributed by atoms with Crippen LogP contribution in [0.25, 0.3) is 0 Å². The lowest BCUT2D eigenvalue weighted by molar-refractivity contribution is -0.114. The summed E-state index contributed by atoms with van der Waals surface area (Å²) in [5.41, 5.74) is 0.624. The Bertz CT molecular complexity index is 1830. The Morgan fingerprint density at radius 3 is 2.11 bits per heavy atom. The molecule has 0 aliphatic rings. The van der Waals surface area contributed by atoms with Crippen LogP contribution in [0.3, 0.4) is 0 Å². The van der Waals surface area contributed by atoms with E-state index in [-0.39, 0.29) is 45.0 Å². The summed E-state index contributed by atoms with van der Waals surface area (Å²) in [4.78, 5) is 13.1. The molecule has 232 valence electrons. The minimum absolute atomic E-state index is 0.0726. The number of nitrogens with one attached hydrogen (secondary N) is 2. The zero-order chi connectivity index (χ0) is 31.9. The quantitative estimate of drug-likeness (QED) is 0.195. The Balaban J connectivity index is 1.56. The molecule has 0 aliphatic carbocycles. The molecule has 11 nitrogen and oxygen atoms in total. The van der Waals surface area contributed by atoms with Gasteiger partial charge in [0.1, 0.15) is 23.8 Å². The number of methoxy groups -OCH3 is 2. The fourth-order valence-corrected chi connectivity index (χ4v) is 6.74. The van der Waals surface area contributed by atoms with E-state index in [9.17, 15) is 21.6 Å². The normalized spacial score (nSPS) is 11.4. The highest BCUT2D eigenvalue weighted by Gasteiger charge is 2.29. The maximum absolute atomic E-state index is 13.7. The maximum atomic E-state index is 13.7. The molecule has 0 spiro atoms. The van der Waals surface area contributed by atoms with Gasteiger partial charge in [-0.15, -0.1) is 0 Å². The molecule has 0 saturated heterocycles. The number of anilines is 3. The van der Waals surface area contributed by atoms with Gasteiger partial charge in [0.05, 0.1) is 42.0 Å². The number of ether oxygens (including phenoxy) is 3. The van der Waals surface area contributed by atoms with Crippen LogP contribution in [0.4, 0.5) is 17.1 Å². The SMILES string of the molecule is CCOc1ccccc1N(CC(=O)Nc1ccc(S(=O)(=O)Nc2ccc(OC)cc2OC)cc1)S(=O)(=O)c1ccc(Cl)cc1. The summed E-state index contributed by atoms with van der Waals surface area (Å²) in [6, 6.07) is 22.1. The largest absolute Gasteiger partial charge is 0.497 e. The van der Waals surface area contributed by atoms with E-state index in [1.54, 1.807) is 37.3 Å². The summed E-state index contributed by atoms with van der Waals surface area (Å²) in [6.07, 6.45) is 0. The minimum Gasteiger partial charge on any atom is -0.497 e. The van der Waals surface area contributed by atoms with Crippen molar-refractivity contribution >= 4 is 54.6 Å². The fourth-order valence-electron chi connectivity index (χ4n) is 4.11. The van der Waals surface area contributed by atoms with Crippen molar-refractivity contribution in [3.05, 3.63) is 96.0 Å². The van der Waals surface area contributed by atoms with Crippen molar-refractivity contribution in [3.63, 3.8) is 0 Å². The van der Waals surface area contributed by atoms with Crippen LogP contribution in [-0.4, -0.2) is 50.1 Å². The Labute approximate surface area is 261 Å². The average Bonchev–Trinajstić information content (AvgIpc) is 3.01. The lowest BCUT2D eigenvalue weighted by Crippen LogP contribution is -2.38. The Morgan fingerprint density at radius 2 is 1.48 bits per heavy atom. The van der Waals surface area contributed by atoms with Crippen LogP contribution in [0.1, 0.15) is 6.92 Å². The first-order chi connectivity index (χ1) is 21.0. The summed E-state index contributed by atoms with van der Waals surface area (Å²) >= 11 is 5.96. The van der Waals surface area contributed by atoms with Crippen molar-refractivity contribution in [2.75, 3.05) is 41.7 Å². The van der Waals surface area contributed by atoms with Gasteiger partial charge in [0.15, 0.2) is 0 Å². The van der Waals surface area contributed by atoms with Crippen molar-refractivity contribution in [2.24, 2.45) is 0 Å². The first-order valence-corrected chi connectivity index (χ1v) is 16.4. The summed E-state index contributed by atoms with van der Waals surface area (Å²) in [6.45, 7) is 1.43. The van der Waals surface area contributed by atoms with Gasteiger partial charge >= 0.3 is 0 Å². The van der Waals surface area contributed by atoms with Crippen LogP contribution in [0.5, 0.6) is 17.2 Å². The van der Waals surface area contributed by atoms with Crippen molar-refractivity contribution in [2.45, 2.75) is 16.7 Å². The maximum Gasteiger partial charge on any atom is 0.264 e. The van der Waals surface area contributed by atoms with Gasteiger partial charge < -0.3 is 19.5 Å². The predicted octanol–water partition coefficient (Wildman–Crippen LogP) is 5.39. The number of amides is 1. The van der Waals surface area contributed by atoms with E-state index in [0.717, 1.165) is 4.31 Å². The first-order valence-electron chi connectivity index (χ1n) is 13.1. The van der Waals surface area contributed by atoms with E-state index < -0.39 is 32.5 Å². The van der Waals surface area contributed by atoms with Gasteiger partial charge in [-0.1, -0.05) is 23.7 Å². The van der Waals surface area contributed by atoms with Gasteiger partial charge in [0.2, 0.25) is 5.91 Å². The van der Waals surface area contributed by atoms with Crippen LogP contribution in [-0.2, 0) is 24.8 Å². The van der Waals surface area contributed by atoms with Crippen LogP contribution in [0, 0.1) is 0 Å². The standard InChI is InChI=1S/C30H30ClN3O8S2/c1-4-42-28-8-6-5-7-27(28)34(44(38,39)25-14-9-21(31)10-15-25)20-30(35)32-22-11-16-24(17-12-22)43(36,37)33-26-18-13-23(40-2)19-29(26)41-3/h5-19,33H,4,20H2,1-3H3,(H,32,35). The zero-order valence-corrected chi connectivity index (χ0v) is 26.4. The van der Waals surface area contributed by atoms with E-state index >= 15 is 0 Å². The third-order valence-electron chi connectivity index (χ3n) is 6.22. The highest BCUT2D eigenvalue weighted by Crippen LogP contribution is 2.33. The number of rotatable bonds is 13. The van der Waals surface area contributed by atoms with Gasteiger partial charge in [-0.3, -0.25) is 13.8 Å². The molecule has 0 heterocycles. The molecule has 0 unspecified atom stereocenters. The predicted molar refractivity (Wildman–Crippen MR) is 169 cm³/mol. The molecule has 4 aromatic carbocycles. The lowest BCUT2D eigenvalue weighted by Gasteiger charge is -2.26. The third-order valence-corrected chi connectivity index (χ3v) is 9.63. The number of hydrogen-bond donors (Lipinski definition) is 2. The second-order valence-electron chi connectivity index (χ2n) is 9.11. The highest BCUT2D eigenvalue weighted by atomic mass is 35.5. The second kappa shape index (κ2) is 13.9. The summed E-state index contributed by atoms with van der Waals surface area (Å²) < 4.78 is 73.0. The molecule has 0 radical (unpaired) electrons. The molecule has 0 atom stereocenters. The van der Waals surface area contributed by atoms with Gasteiger partial charge in [-0.2, -0.15) is 0 Å². The average molecular weight is 660 g/mol. The molecular weight excluding hydrogens is 630 g/mol. The molecule has 4 aromatic rings. The smallest absolute Gasteiger partial charge is 0.264 e. The van der Waals surface area contributed by atoms with Crippen molar-refractivity contribution < 1.29 is 35.8 Å². The molecule has 2 N–H and O–H groups in total. The van der Waals surface area contributed by atoms with E-state index in [1.165, 1.54) is 74.9 Å². The van der Waals surface area contributed by atoms with E-state index in [1.807, 2.05) is 0 Å². The monoisotopic (exact) mass is 659 g/mol. The molecule has 4 rings (SSSR count). The zero-order valence-electron chi connectivity index (χ0n) is 24.0. The molecule has 1 amide bonds. The van der Waals surface area contributed by atoms with E-state index in [0.29, 0.717) is 10.8 Å². The van der Waals surface area contributed by atoms with Crippen LogP contribution >= 0.6 is 11.6 Å². The number of nitrogens with zero attached hydrogens (tertiary/aromatic N) is 1. The van der Waals surface area contributed by atoms with Crippen LogP contribution in [0.15, 0.2) is 101 Å². The number of halogens is 1. The number of carbonyl (C=O) groups excluding carboxylic acids is 1. The number of benzene rings is 4. The molecule has 44 heavy (non-hydrogen) atoms. The highest BCUT2D eigenvalue weighted by molar-refractivity contribution is 7.93. The van der Waals surface area contributed by atoms with Crippen molar-refractivity contribution in [1.82, 2.24) is 0 Å². The number of sulfonamides is 2. The minimum atomic E-state index is -4.24. The molecule has 0 fully saturated rings. The van der Waals surface area contributed by atoms with Gasteiger partial charge in [0, 0.05) is 16.8 Å². The molecule has 0 aliphatic heterocycles. The van der Waals surface area contributed by atoms with E-state index in [2.05, 4.69) is 10.0 Å². The van der Waals surface area contributed by atoms with Crippen molar-refractivity contribution in [3.8, 4) is 17.2 Å². The fraction of sp³-hybridized carbons (Fsp3) is 0.167. The second-order valence-corrected chi connectivity index (χ2v) is 13.1. The Kier molecular flexibility index (Phi) is 10.2. The molecule has 0 bridgehead atoms. The Morgan fingerprint density at radius 1 is 0.818 bits per heavy atom. The summed E-state index contributed by atoms with van der Waals surface area (Å²) in [7, 11) is -5.38. The molecule has 14 heteroatoms. The molecule has 0 saturated carbocycles. The lowest BCUT2D eigenvalue weighted by atomic mass is 10.3. The number of carbonyl (C=O) groups is 1. The third kappa shape index (κ3) is 7.54. The van der Waals surface area contributed by atoms with Crippen LogP contribution < -0.4 is 28.6 Å². The van der Waals surface area contributed by atoms with Gasteiger partial charge in [0.25, 0.3) is 20.0 Å². The Hall–Kier alpha value is -4.46. The van der Waals surface area contributed by atoms with Crippen molar-refractivity contribution in [1.29, 1.82) is 0 Å². The van der Waals surface area contributed by atoms with Crippen LogP contribution in [0.2, 0.25) is 5.02 Å². The number of para-hydroxylation sites is 2. The summed E-state index contributed by atoms with van der Waals surface area (Å²) in [5, 5.41) is 2.98. The summed E-state index contributed by atoms with van der Waals surface area (Å²) in [5.74, 6) is 0.355. The molecule has 0 aromatic heterocycles. The van der Waals surface area contributed by atoms with Gasteiger partial charge in [-0.25, -0.2) is 16.8 Å². The molecular formula is C30H30ClN3O8S2. The number of hydrogen-bond acceptors (Lipinski definition) is 8. The topological polar surface area (TPSA) is 140 Å².